The first-order chi connectivity index (χ1) is 9.43. The van der Waals surface area contributed by atoms with Crippen LogP contribution in [0.15, 0.2) is 18.2 Å². The molecule has 0 spiro atoms. The molecule has 0 atom stereocenters. The minimum atomic E-state index is -5.22. The predicted molar refractivity (Wildman–Crippen MR) is 61.6 cm³/mol. The minimum absolute atomic E-state index is 0.0405. The Morgan fingerprint density at radius 2 is 1.57 bits per heavy atom. The highest BCUT2D eigenvalue weighted by Crippen LogP contribution is 2.40. The Kier molecular flexibility index (Phi) is 4.91. The summed E-state index contributed by atoms with van der Waals surface area (Å²) in [5.41, 5.74) is -4.32. The number of halogens is 6. The summed E-state index contributed by atoms with van der Waals surface area (Å²) in [5.74, 6) is -1.14. The molecule has 8 heteroatoms. The molecule has 0 N–H and O–H groups in total. The molecule has 0 aliphatic rings. The van der Waals surface area contributed by atoms with Crippen LogP contribution in [0.5, 0.6) is 0 Å². The second-order valence-corrected chi connectivity index (χ2v) is 4.75. The highest BCUT2D eigenvalue weighted by Gasteiger charge is 2.43. The van der Waals surface area contributed by atoms with Crippen LogP contribution in [-0.2, 0) is 17.1 Å². The predicted octanol–water partition coefficient (Wildman–Crippen LogP) is 4.54. The maximum absolute atomic E-state index is 12.7. The third-order valence-corrected chi connectivity index (χ3v) is 2.41. The van der Waals surface area contributed by atoms with E-state index in [0.29, 0.717) is 6.07 Å². The van der Waals surface area contributed by atoms with Crippen molar-refractivity contribution in [1.29, 1.82) is 0 Å². The Labute approximate surface area is 116 Å². The van der Waals surface area contributed by atoms with Gasteiger partial charge in [-0.1, -0.05) is 13.8 Å². The van der Waals surface area contributed by atoms with Gasteiger partial charge in [0.1, 0.15) is 0 Å². The first-order valence-corrected chi connectivity index (χ1v) is 5.88. The summed E-state index contributed by atoms with van der Waals surface area (Å²) in [6.07, 6.45) is -10.4. The summed E-state index contributed by atoms with van der Waals surface area (Å²) in [6, 6.07) is 1.06. The quantitative estimate of drug-likeness (QED) is 0.605. The molecule has 0 unspecified atom stereocenters. The molecule has 21 heavy (non-hydrogen) atoms. The van der Waals surface area contributed by atoms with Crippen LogP contribution in [0, 0.1) is 5.92 Å². The van der Waals surface area contributed by atoms with Crippen molar-refractivity contribution >= 4 is 5.97 Å². The van der Waals surface area contributed by atoms with Crippen LogP contribution in [-0.4, -0.2) is 12.6 Å². The molecular formula is C13H12F6O2. The van der Waals surface area contributed by atoms with Gasteiger partial charge in [0.25, 0.3) is 0 Å². The van der Waals surface area contributed by atoms with Crippen LogP contribution >= 0.6 is 0 Å². The first kappa shape index (κ1) is 17.3. The monoisotopic (exact) mass is 314 g/mol. The third kappa shape index (κ3) is 4.64. The molecule has 0 bridgehead atoms. The van der Waals surface area contributed by atoms with E-state index in [-0.39, 0.29) is 24.7 Å². The molecule has 0 radical (unpaired) electrons. The molecular weight excluding hydrogens is 302 g/mol. The van der Waals surface area contributed by atoms with Gasteiger partial charge in [-0.15, -0.1) is 0 Å². The smallest absolute Gasteiger partial charge is 0.417 e. The molecule has 2 nitrogen and oxygen atoms in total. The Hall–Kier alpha value is -1.73. The zero-order valence-electron chi connectivity index (χ0n) is 11.1. The number of hydrogen-bond donors (Lipinski definition) is 0. The van der Waals surface area contributed by atoms with Gasteiger partial charge in [-0.3, -0.25) is 0 Å². The van der Waals surface area contributed by atoms with Crippen molar-refractivity contribution in [3.63, 3.8) is 0 Å². The standard InChI is InChI=1S/C13H12F6O2/c1-7(2)6-21-11(20)8-3-4-9(12(14,15)16)10(5-8)13(17,18)19/h3-5,7H,6H2,1-2H3. The molecule has 0 aliphatic heterocycles. The van der Waals surface area contributed by atoms with Gasteiger partial charge in [0, 0.05) is 0 Å². The highest BCUT2D eigenvalue weighted by atomic mass is 19.4. The average Bonchev–Trinajstić information content (AvgIpc) is 2.33. The summed E-state index contributed by atoms with van der Waals surface area (Å²) in [6.45, 7) is 3.38. The van der Waals surface area contributed by atoms with Gasteiger partial charge < -0.3 is 4.74 Å². The van der Waals surface area contributed by atoms with Gasteiger partial charge in [0.05, 0.1) is 23.3 Å². The molecule has 0 aromatic heterocycles. The lowest BCUT2D eigenvalue weighted by Crippen LogP contribution is -2.18. The van der Waals surface area contributed by atoms with E-state index in [0.717, 1.165) is 0 Å². The molecule has 0 aliphatic carbocycles. The van der Waals surface area contributed by atoms with Crippen LogP contribution in [0.1, 0.15) is 35.3 Å². The van der Waals surface area contributed by atoms with Gasteiger partial charge in [-0.05, 0) is 24.1 Å². The number of esters is 1. The Morgan fingerprint density at radius 1 is 1.05 bits per heavy atom. The van der Waals surface area contributed by atoms with Gasteiger partial charge in [0.15, 0.2) is 0 Å². The van der Waals surface area contributed by atoms with Crippen molar-refractivity contribution in [2.75, 3.05) is 6.61 Å². The van der Waals surface area contributed by atoms with Crippen molar-refractivity contribution in [3.05, 3.63) is 34.9 Å². The number of rotatable bonds is 3. The second kappa shape index (κ2) is 5.95. The summed E-state index contributed by atoms with van der Waals surface area (Å²) in [5, 5.41) is 0. The fourth-order valence-corrected chi connectivity index (χ4v) is 1.48. The Bertz CT molecular complexity index is 516. The van der Waals surface area contributed by atoms with E-state index < -0.39 is 35.0 Å². The third-order valence-electron chi connectivity index (χ3n) is 2.41. The van der Waals surface area contributed by atoms with E-state index in [1.165, 1.54) is 0 Å². The van der Waals surface area contributed by atoms with E-state index in [1.54, 1.807) is 13.8 Å². The first-order valence-electron chi connectivity index (χ1n) is 5.88. The molecule has 0 amide bonds. The number of hydrogen-bond acceptors (Lipinski definition) is 2. The maximum atomic E-state index is 12.7. The lowest BCUT2D eigenvalue weighted by molar-refractivity contribution is -0.162. The molecule has 1 aromatic carbocycles. The fourth-order valence-electron chi connectivity index (χ4n) is 1.48. The lowest BCUT2D eigenvalue weighted by atomic mass is 10.0. The molecule has 0 saturated carbocycles. The highest BCUT2D eigenvalue weighted by molar-refractivity contribution is 5.89. The van der Waals surface area contributed by atoms with Crippen molar-refractivity contribution in [2.45, 2.75) is 26.2 Å². The zero-order valence-corrected chi connectivity index (χ0v) is 11.1. The summed E-state index contributed by atoms with van der Waals surface area (Å²) in [7, 11) is 0. The molecule has 1 rings (SSSR count). The molecule has 0 fully saturated rings. The van der Waals surface area contributed by atoms with Crippen molar-refractivity contribution in [2.24, 2.45) is 5.92 Å². The molecule has 0 saturated heterocycles. The molecule has 1 aromatic rings. The second-order valence-electron chi connectivity index (χ2n) is 4.75. The zero-order chi connectivity index (χ0) is 16.4. The summed E-state index contributed by atoms with van der Waals surface area (Å²) in [4.78, 5) is 11.5. The van der Waals surface area contributed by atoms with E-state index in [2.05, 4.69) is 0 Å². The van der Waals surface area contributed by atoms with Crippen LogP contribution in [0.3, 0.4) is 0 Å². The van der Waals surface area contributed by atoms with Crippen LogP contribution in [0.4, 0.5) is 26.3 Å². The molecule has 0 heterocycles. The number of ether oxygens (including phenoxy) is 1. The van der Waals surface area contributed by atoms with E-state index in [1.807, 2.05) is 0 Å². The van der Waals surface area contributed by atoms with Crippen molar-refractivity contribution in [1.82, 2.24) is 0 Å². The van der Waals surface area contributed by atoms with E-state index in [9.17, 15) is 31.1 Å². The van der Waals surface area contributed by atoms with Crippen LogP contribution < -0.4 is 0 Å². The number of carbonyl (C=O) groups is 1. The van der Waals surface area contributed by atoms with Gasteiger partial charge in [0.2, 0.25) is 0 Å². The maximum Gasteiger partial charge on any atom is 0.417 e. The summed E-state index contributed by atoms with van der Waals surface area (Å²) >= 11 is 0. The SMILES string of the molecule is CC(C)COC(=O)c1ccc(C(F)(F)F)c(C(F)(F)F)c1. The molecule has 118 valence electrons. The van der Waals surface area contributed by atoms with Gasteiger partial charge in [-0.2, -0.15) is 26.3 Å². The van der Waals surface area contributed by atoms with E-state index >= 15 is 0 Å². The van der Waals surface area contributed by atoms with E-state index in [4.69, 9.17) is 4.74 Å². The normalized spacial score (nSPS) is 12.6. The van der Waals surface area contributed by atoms with Gasteiger partial charge in [-0.25, -0.2) is 4.79 Å². The number of benzene rings is 1. The van der Waals surface area contributed by atoms with Gasteiger partial charge >= 0.3 is 18.3 Å². The Balaban J connectivity index is 3.20. The fraction of sp³-hybridized carbons (Fsp3) is 0.462. The van der Waals surface area contributed by atoms with Crippen LogP contribution in [0.25, 0.3) is 0 Å². The summed E-state index contributed by atoms with van der Waals surface area (Å²) < 4.78 is 80.4. The number of carbonyl (C=O) groups excluding carboxylic acids is 1. The Morgan fingerprint density at radius 3 is 2.00 bits per heavy atom. The lowest BCUT2D eigenvalue weighted by Gasteiger charge is -2.16. The average molecular weight is 314 g/mol. The topological polar surface area (TPSA) is 26.3 Å². The minimum Gasteiger partial charge on any atom is -0.462 e. The largest absolute Gasteiger partial charge is 0.462 e. The van der Waals surface area contributed by atoms with Crippen molar-refractivity contribution in [3.8, 4) is 0 Å². The van der Waals surface area contributed by atoms with Crippen LogP contribution in [0.2, 0.25) is 0 Å². The number of alkyl halides is 6. The van der Waals surface area contributed by atoms with Crippen molar-refractivity contribution < 1.29 is 35.9 Å².